The molecule has 0 aliphatic heterocycles. The molecule has 644 valence electrons. The molecule has 4 heterocycles. The quantitative estimate of drug-likeness (QED) is 0.0125. The van der Waals surface area contributed by atoms with Gasteiger partial charge in [0, 0.05) is 115 Å². The first-order chi connectivity index (χ1) is 59.2. The maximum atomic E-state index is 13.1. The lowest BCUT2D eigenvalue weighted by Gasteiger charge is -2.20. The van der Waals surface area contributed by atoms with Crippen LogP contribution in [0, 0.1) is 17.8 Å². The molecular formula is C93H100N8O19S3. The van der Waals surface area contributed by atoms with Crippen LogP contribution >= 0.6 is 34.0 Å². The van der Waals surface area contributed by atoms with Crippen LogP contribution in [0.3, 0.4) is 0 Å². The molecule has 0 fully saturated rings. The molecule has 6 amide bonds. The summed E-state index contributed by atoms with van der Waals surface area (Å²) < 4.78 is 4.68. The van der Waals surface area contributed by atoms with Gasteiger partial charge in [-0.05, 0) is 165 Å². The van der Waals surface area contributed by atoms with Crippen LogP contribution in [0.2, 0.25) is 0 Å². The van der Waals surface area contributed by atoms with Gasteiger partial charge in [-0.15, -0.1) is 34.0 Å². The molecule has 0 spiro atoms. The van der Waals surface area contributed by atoms with E-state index in [1.165, 1.54) is 17.5 Å². The number of aryl methyl sites for hydroxylation is 3. The third kappa shape index (κ3) is 33.4. The summed E-state index contributed by atoms with van der Waals surface area (Å²) in [6.45, 7) is 0.376. The number of carbonyl (C=O) groups excluding carboxylic acids is 10. The Morgan fingerprint density at radius 2 is 0.715 bits per heavy atom. The number of hydrogen-bond acceptors (Lipinski definition) is 19. The van der Waals surface area contributed by atoms with Crippen molar-refractivity contribution in [2.24, 2.45) is 35.0 Å². The van der Waals surface area contributed by atoms with Gasteiger partial charge in [0.25, 0.3) is 6.47 Å². The molecule has 0 bridgehead atoms. The minimum absolute atomic E-state index is 0.0455. The molecule has 30 heteroatoms. The topological polar surface area (TPSA) is 472 Å². The third-order valence-electron chi connectivity index (χ3n) is 20.3. The molecule has 0 unspecified atom stereocenters. The number of aromatic amines is 1. The number of carboxylic acids is 4. The van der Waals surface area contributed by atoms with E-state index in [2.05, 4.69) is 101 Å². The van der Waals surface area contributed by atoms with Crippen LogP contribution < -0.4 is 33.2 Å². The molecule has 0 saturated carbocycles. The Morgan fingerprint density at radius 1 is 0.382 bits per heavy atom. The Bertz CT molecular complexity index is 5150. The van der Waals surface area contributed by atoms with Gasteiger partial charge in [0.2, 0.25) is 35.4 Å². The van der Waals surface area contributed by atoms with Crippen LogP contribution in [0.25, 0.3) is 64.7 Å². The number of primary amides is 3. The van der Waals surface area contributed by atoms with Gasteiger partial charge in [0.1, 0.15) is 0 Å². The number of benzene rings is 6. The number of Topliss-reactive ketones (excluding diaryl/α,β-unsaturated/α-hetero) is 3. The molecule has 10 rings (SSSR count). The Kier molecular flexibility index (Phi) is 38.8. The monoisotopic (exact) mass is 1730 g/mol. The molecule has 6 aromatic carbocycles. The van der Waals surface area contributed by atoms with Gasteiger partial charge < -0.3 is 63.3 Å². The van der Waals surface area contributed by atoms with Crippen LogP contribution in [-0.2, 0) is 97.5 Å². The number of imidazole rings is 1. The van der Waals surface area contributed by atoms with Crippen molar-refractivity contribution >= 4 is 117 Å². The van der Waals surface area contributed by atoms with Gasteiger partial charge in [-0.2, -0.15) is 0 Å². The van der Waals surface area contributed by atoms with Crippen molar-refractivity contribution in [2.45, 2.75) is 153 Å². The van der Waals surface area contributed by atoms with Crippen LogP contribution in [0.1, 0.15) is 132 Å². The van der Waals surface area contributed by atoms with E-state index in [1.807, 2.05) is 127 Å². The van der Waals surface area contributed by atoms with Gasteiger partial charge in [-0.3, -0.25) is 67.1 Å². The Balaban J connectivity index is 0.000000229. The van der Waals surface area contributed by atoms with Gasteiger partial charge in [-0.1, -0.05) is 164 Å². The second-order valence-corrected chi connectivity index (χ2v) is 32.2. The zero-order valence-electron chi connectivity index (χ0n) is 67.6. The number of amides is 6. The summed E-state index contributed by atoms with van der Waals surface area (Å²) in [4.78, 5) is 177. The van der Waals surface area contributed by atoms with E-state index in [4.69, 9.17) is 37.6 Å². The number of rotatable bonds is 50. The Hall–Kier alpha value is -13.2. The SMILES string of the molecule is NC(=O)[C@H](CCC(=O)O)CC(=O)[C@H](CCCOC=O)NC(=O)CCc1ccc(-c2cc(-c3ccccc3)cs2)cc1.NC(=O)[C@H](CCC(=O)O)CC(=O)[C@H](Cc1cnc[nH]1)NC(=O)CCc1ccc(-c2cc(-c3ccccc3)cs2)cc1.NC(=O)[C@H](CCCC(=O)O)CC(=O)[C@H](CCC(=O)O)NC(=O)CCc1ccc(-c2cc(-c3ccccc3)cs2)cc1. The Morgan fingerprint density at radius 3 is 1.05 bits per heavy atom. The number of thiophene rings is 3. The number of H-pyrrole nitrogens is 1. The smallest absolute Gasteiger partial charge is 0.303 e. The highest BCUT2D eigenvalue weighted by Gasteiger charge is 2.31. The van der Waals surface area contributed by atoms with Crippen molar-refractivity contribution in [2.75, 3.05) is 6.61 Å². The van der Waals surface area contributed by atoms with Gasteiger partial charge in [0.15, 0.2) is 17.3 Å². The fourth-order valence-corrected chi connectivity index (χ4v) is 16.1. The average molecular weight is 1730 g/mol. The molecule has 0 radical (unpaired) electrons. The molecule has 123 heavy (non-hydrogen) atoms. The van der Waals surface area contributed by atoms with Gasteiger partial charge >= 0.3 is 23.9 Å². The van der Waals surface area contributed by atoms with Gasteiger partial charge in [-0.25, -0.2) is 4.98 Å². The number of carbonyl (C=O) groups is 14. The first-order valence-electron chi connectivity index (χ1n) is 40.1. The number of nitrogens with one attached hydrogen (secondary N) is 4. The molecule has 14 N–H and O–H groups in total. The Labute approximate surface area is 723 Å². The zero-order valence-corrected chi connectivity index (χ0v) is 70.1. The number of nitrogens with zero attached hydrogens (tertiary/aromatic N) is 1. The molecule has 27 nitrogen and oxygen atoms in total. The highest BCUT2D eigenvalue weighted by Crippen LogP contribution is 2.36. The van der Waals surface area contributed by atoms with E-state index in [-0.39, 0.29) is 128 Å². The summed E-state index contributed by atoms with van der Waals surface area (Å²) in [7, 11) is 0. The van der Waals surface area contributed by atoms with Crippen molar-refractivity contribution in [1.29, 1.82) is 0 Å². The molecule has 6 atom stereocenters. The molecule has 10 aromatic rings. The average Bonchev–Trinajstić information content (AvgIpc) is 1.70. The van der Waals surface area contributed by atoms with Crippen molar-refractivity contribution in [1.82, 2.24) is 25.9 Å². The normalized spacial score (nSPS) is 12.3. The number of ether oxygens (including phenoxy) is 1. The molecular weight excluding hydrogens is 1630 g/mol. The number of aliphatic carboxylic acids is 4. The van der Waals surface area contributed by atoms with E-state index in [9.17, 15) is 67.1 Å². The predicted octanol–water partition coefficient (Wildman–Crippen LogP) is 13.4. The zero-order chi connectivity index (χ0) is 88.6. The third-order valence-corrected chi connectivity index (χ3v) is 23.2. The van der Waals surface area contributed by atoms with Crippen LogP contribution in [0.5, 0.6) is 0 Å². The van der Waals surface area contributed by atoms with Crippen LogP contribution in [0.4, 0.5) is 0 Å². The standard InChI is InChI=1S/C31H32N4O5S.2C31H34N2O7S/c32-31(40)23(11-13-30(38)39)14-27(36)26(16-25-17-33-19-34-25)35-29(37)12-8-20-6-9-22(10-7-20)28-15-24(18-41-28)21-4-2-1-3-5-21;32-31(39)24(13-15-30(37)38)17-27(35)26(7-4-16-40-20-34)33-29(36)14-10-21-8-11-23(12-9-21)28-18-25(19-41-28)22-5-2-1-3-6-22;32-31(40)23(7-4-8-29(36)37)17-26(34)25(14-16-30(38)39)33-28(35)15-11-20-9-12-22(13-10-20)27-18-24(19-41-27)21-5-2-1-3-6-21/h1-7,9-10,15,17-19,23,26H,8,11-14,16H2,(H2,32,40)(H,33,34)(H,35,37)(H,38,39);1-3,5-6,8-9,11-12,18-20,24,26H,4,7,10,13-17H2,(H2,32,39)(H,33,36)(H,37,38);1-3,5-6,9-10,12-13,18-19,23,25H,4,7-8,11,14-17H2,(H2,32,40)(H,33,35)(H,36,37)(H,38,39)/t23-,26+;24-,26+;23-,25+/m111/s1. The predicted molar refractivity (Wildman–Crippen MR) is 469 cm³/mol. The van der Waals surface area contributed by atoms with Crippen molar-refractivity contribution in [3.05, 3.63) is 233 Å². The lowest BCUT2D eigenvalue weighted by atomic mass is 9.91. The largest absolute Gasteiger partial charge is 0.481 e. The first-order valence-corrected chi connectivity index (χ1v) is 42.7. The molecule has 0 saturated heterocycles. The molecule has 0 aliphatic carbocycles. The van der Waals surface area contributed by atoms with E-state index >= 15 is 0 Å². The lowest BCUT2D eigenvalue weighted by Crippen LogP contribution is -2.44. The molecule has 0 aliphatic rings. The van der Waals surface area contributed by atoms with Crippen molar-refractivity contribution in [3.8, 4) is 64.7 Å². The number of nitrogens with two attached hydrogens (primary N) is 3. The molecule has 4 aromatic heterocycles. The second kappa shape index (κ2) is 50.1. The summed E-state index contributed by atoms with van der Waals surface area (Å²) in [5, 5.41) is 50.3. The minimum Gasteiger partial charge on any atom is -0.481 e. The summed E-state index contributed by atoms with van der Waals surface area (Å²) in [6, 6.07) is 58.1. The fourth-order valence-electron chi connectivity index (χ4n) is 13.3. The van der Waals surface area contributed by atoms with Crippen molar-refractivity contribution in [3.63, 3.8) is 0 Å². The summed E-state index contributed by atoms with van der Waals surface area (Å²) >= 11 is 5.01. The number of hydrogen-bond donors (Lipinski definition) is 11. The van der Waals surface area contributed by atoms with Crippen LogP contribution in [-0.4, -0.2) is 138 Å². The fraction of sp³-hybridized carbons (Fsp3) is 0.301. The summed E-state index contributed by atoms with van der Waals surface area (Å²) in [5.41, 5.74) is 29.9. The van der Waals surface area contributed by atoms with Gasteiger partial charge in [0.05, 0.1) is 31.1 Å². The van der Waals surface area contributed by atoms with E-state index < -0.39 is 101 Å². The van der Waals surface area contributed by atoms with Crippen LogP contribution in [0.15, 0.2) is 211 Å². The maximum absolute atomic E-state index is 13.1. The van der Waals surface area contributed by atoms with Crippen molar-refractivity contribution < 1.29 is 92.3 Å². The van der Waals surface area contributed by atoms with E-state index in [1.54, 1.807) is 40.2 Å². The minimum atomic E-state index is -1.12. The summed E-state index contributed by atoms with van der Waals surface area (Å²) in [5.74, 6) is -11.7. The number of aromatic nitrogens is 2. The number of carboxylic acid groups (broad SMARTS) is 4. The maximum Gasteiger partial charge on any atom is 0.303 e. The highest BCUT2D eigenvalue weighted by molar-refractivity contribution is 7.14. The van der Waals surface area contributed by atoms with E-state index in [0.717, 1.165) is 70.3 Å². The van der Waals surface area contributed by atoms with E-state index in [0.29, 0.717) is 37.8 Å². The first kappa shape index (κ1) is 95.3. The lowest BCUT2D eigenvalue weighted by molar-refractivity contribution is -0.139. The highest BCUT2D eigenvalue weighted by atomic mass is 32.1. The summed E-state index contributed by atoms with van der Waals surface area (Å²) in [6.07, 6.45) is 3.61. The second-order valence-electron chi connectivity index (χ2n) is 29.4. The number of ketones is 3.